The van der Waals surface area contributed by atoms with Crippen LogP contribution in [-0.4, -0.2) is 17.2 Å². The van der Waals surface area contributed by atoms with Crippen molar-refractivity contribution < 1.29 is 9.94 Å². The van der Waals surface area contributed by atoms with Crippen molar-refractivity contribution >= 4 is 24.1 Å². The number of hydrogen-bond donors (Lipinski definition) is 1. The zero-order chi connectivity index (χ0) is 14.5. The highest BCUT2D eigenvalue weighted by atomic mass is 32.2. The molecule has 0 unspecified atom stereocenters. The molecule has 0 fully saturated rings. The summed E-state index contributed by atoms with van der Waals surface area (Å²) in [4.78, 5) is 1.14. The molecule has 1 heterocycles. The molecule has 1 N–H and O–H groups in total. The summed E-state index contributed by atoms with van der Waals surface area (Å²) >= 11 is 1.70. The molecule has 0 bridgehead atoms. The maximum atomic E-state index is 8.63. The SMILES string of the molecule is ON=CC1=Cc2cccc(OCc3ccccc3)c2SC1. The first-order valence-electron chi connectivity index (χ1n) is 6.67. The molecule has 0 spiro atoms. The lowest BCUT2D eigenvalue weighted by atomic mass is 10.1. The van der Waals surface area contributed by atoms with E-state index in [1.165, 1.54) is 6.21 Å². The number of oxime groups is 1. The predicted octanol–water partition coefficient (Wildman–Crippen LogP) is 4.21. The highest BCUT2D eigenvalue weighted by Crippen LogP contribution is 2.38. The van der Waals surface area contributed by atoms with E-state index >= 15 is 0 Å². The van der Waals surface area contributed by atoms with E-state index in [1.54, 1.807) is 11.8 Å². The van der Waals surface area contributed by atoms with Crippen LogP contribution >= 0.6 is 11.8 Å². The Morgan fingerprint density at radius 3 is 2.81 bits per heavy atom. The topological polar surface area (TPSA) is 41.8 Å². The number of rotatable bonds is 4. The van der Waals surface area contributed by atoms with Gasteiger partial charge in [0.2, 0.25) is 0 Å². The number of thioether (sulfide) groups is 1. The van der Waals surface area contributed by atoms with E-state index < -0.39 is 0 Å². The molecule has 21 heavy (non-hydrogen) atoms. The maximum Gasteiger partial charge on any atom is 0.133 e. The van der Waals surface area contributed by atoms with Crippen LogP contribution in [0.3, 0.4) is 0 Å². The number of nitrogens with zero attached hydrogens (tertiary/aromatic N) is 1. The van der Waals surface area contributed by atoms with Crippen LogP contribution in [0.4, 0.5) is 0 Å². The Morgan fingerprint density at radius 2 is 2.00 bits per heavy atom. The fraction of sp³-hybridized carbons (Fsp3) is 0.118. The summed E-state index contributed by atoms with van der Waals surface area (Å²) in [6.45, 7) is 0.562. The third kappa shape index (κ3) is 3.28. The van der Waals surface area contributed by atoms with Crippen LogP contribution in [0, 0.1) is 0 Å². The van der Waals surface area contributed by atoms with E-state index in [0.717, 1.165) is 33.1 Å². The average molecular weight is 297 g/mol. The summed E-state index contributed by atoms with van der Waals surface area (Å²) < 4.78 is 5.95. The van der Waals surface area contributed by atoms with Gasteiger partial charge in [0.15, 0.2) is 0 Å². The van der Waals surface area contributed by atoms with Crippen molar-refractivity contribution in [1.82, 2.24) is 0 Å². The van der Waals surface area contributed by atoms with E-state index in [0.29, 0.717) is 6.61 Å². The second kappa shape index (κ2) is 6.50. The summed E-state index contributed by atoms with van der Waals surface area (Å²) in [5, 5.41) is 11.7. The smallest absolute Gasteiger partial charge is 0.133 e. The molecule has 106 valence electrons. The molecule has 0 amide bonds. The summed E-state index contributed by atoms with van der Waals surface area (Å²) in [6, 6.07) is 16.1. The standard InChI is InChI=1S/C17H15NO2S/c19-18-10-14-9-15-7-4-8-16(17(15)21-12-14)20-11-13-5-2-1-3-6-13/h1-10,19H,11-12H2. The van der Waals surface area contributed by atoms with Gasteiger partial charge < -0.3 is 9.94 Å². The van der Waals surface area contributed by atoms with Crippen LogP contribution in [0.5, 0.6) is 5.75 Å². The molecule has 0 aromatic heterocycles. The second-order valence-corrected chi connectivity index (χ2v) is 5.69. The van der Waals surface area contributed by atoms with Crippen molar-refractivity contribution in [2.45, 2.75) is 11.5 Å². The molecule has 0 saturated carbocycles. The van der Waals surface area contributed by atoms with Gasteiger partial charge in [0.25, 0.3) is 0 Å². The number of benzene rings is 2. The molecule has 1 aliphatic rings. The maximum absolute atomic E-state index is 8.63. The van der Waals surface area contributed by atoms with Crippen molar-refractivity contribution in [3.05, 3.63) is 65.2 Å². The summed E-state index contributed by atoms with van der Waals surface area (Å²) in [5.74, 6) is 1.68. The van der Waals surface area contributed by atoms with Crippen LogP contribution in [0.15, 0.2) is 64.2 Å². The first kappa shape index (κ1) is 13.8. The highest BCUT2D eigenvalue weighted by Gasteiger charge is 2.14. The van der Waals surface area contributed by atoms with Gasteiger partial charge in [-0.1, -0.05) is 47.6 Å². The highest BCUT2D eigenvalue weighted by molar-refractivity contribution is 7.99. The first-order chi connectivity index (χ1) is 10.4. The minimum Gasteiger partial charge on any atom is -0.488 e. The monoisotopic (exact) mass is 297 g/mol. The number of fused-ring (bicyclic) bond motifs is 1. The Morgan fingerprint density at radius 1 is 1.14 bits per heavy atom. The molecule has 4 heteroatoms. The van der Waals surface area contributed by atoms with Gasteiger partial charge >= 0.3 is 0 Å². The Balaban J connectivity index is 1.80. The van der Waals surface area contributed by atoms with Crippen LogP contribution < -0.4 is 4.74 Å². The van der Waals surface area contributed by atoms with Crippen molar-refractivity contribution in [3.63, 3.8) is 0 Å². The van der Waals surface area contributed by atoms with Gasteiger partial charge in [0, 0.05) is 5.75 Å². The molecule has 0 atom stereocenters. The van der Waals surface area contributed by atoms with Crippen molar-refractivity contribution in [2.24, 2.45) is 5.16 Å². The van der Waals surface area contributed by atoms with Crippen molar-refractivity contribution in [1.29, 1.82) is 0 Å². The van der Waals surface area contributed by atoms with Gasteiger partial charge in [-0.05, 0) is 28.8 Å². The molecule has 2 aromatic carbocycles. The van der Waals surface area contributed by atoms with Crippen LogP contribution in [0.2, 0.25) is 0 Å². The van der Waals surface area contributed by atoms with Gasteiger partial charge in [-0.3, -0.25) is 0 Å². The zero-order valence-corrected chi connectivity index (χ0v) is 12.2. The predicted molar refractivity (Wildman–Crippen MR) is 86.2 cm³/mol. The van der Waals surface area contributed by atoms with Crippen LogP contribution in [0.25, 0.3) is 6.08 Å². The minimum atomic E-state index is 0.562. The van der Waals surface area contributed by atoms with Gasteiger partial charge in [-0.15, -0.1) is 11.8 Å². The molecule has 3 nitrogen and oxygen atoms in total. The Hall–Kier alpha value is -2.20. The fourth-order valence-corrected chi connectivity index (χ4v) is 3.23. The molecule has 1 aliphatic heterocycles. The van der Waals surface area contributed by atoms with E-state index in [1.807, 2.05) is 42.5 Å². The largest absolute Gasteiger partial charge is 0.488 e. The van der Waals surface area contributed by atoms with Gasteiger partial charge in [-0.2, -0.15) is 0 Å². The average Bonchev–Trinajstić information content (AvgIpc) is 2.54. The molecule has 3 rings (SSSR count). The fourth-order valence-electron chi connectivity index (χ4n) is 2.20. The summed E-state index contributed by atoms with van der Waals surface area (Å²) in [7, 11) is 0. The Labute approximate surface area is 127 Å². The van der Waals surface area contributed by atoms with Crippen molar-refractivity contribution in [3.8, 4) is 5.75 Å². The Bertz CT molecular complexity index is 680. The molecular formula is C17H15NO2S. The molecule has 2 aromatic rings. The van der Waals surface area contributed by atoms with Gasteiger partial charge in [-0.25, -0.2) is 0 Å². The molecular weight excluding hydrogens is 282 g/mol. The van der Waals surface area contributed by atoms with Crippen LogP contribution in [0.1, 0.15) is 11.1 Å². The minimum absolute atomic E-state index is 0.562. The normalized spacial score (nSPS) is 13.8. The quantitative estimate of drug-likeness (QED) is 0.522. The van der Waals surface area contributed by atoms with E-state index in [9.17, 15) is 0 Å². The first-order valence-corrected chi connectivity index (χ1v) is 7.66. The lowest BCUT2D eigenvalue weighted by molar-refractivity contribution is 0.299. The van der Waals surface area contributed by atoms with Gasteiger partial charge in [0.05, 0.1) is 11.1 Å². The summed E-state index contributed by atoms with van der Waals surface area (Å²) in [5.41, 5.74) is 3.25. The van der Waals surface area contributed by atoms with Crippen LogP contribution in [-0.2, 0) is 6.61 Å². The number of ether oxygens (including phenoxy) is 1. The Kier molecular flexibility index (Phi) is 4.26. The van der Waals surface area contributed by atoms with E-state index in [-0.39, 0.29) is 0 Å². The summed E-state index contributed by atoms with van der Waals surface area (Å²) in [6.07, 6.45) is 3.51. The number of hydrogen-bond acceptors (Lipinski definition) is 4. The zero-order valence-electron chi connectivity index (χ0n) is 11.4. The third-order valence-electron chi connectivity index (χ3n) is 3.19. The second-order valence-electron chi connectivity index (χ2n) is 4.70. The molecule has 0 aliphatic carbocycles. The lowest BCUT2D eigenvalue weighted by Crippen LogP contribution is -2.01. The molecule has 0 radical (unpaired) electrons. The van der Waals surface area contributed by atoms with E-state index in [2.05, 4.69) is 17.3 Å². The van der Waals surface area contributed by atoms with Crippen molar-refractivity contribution in [2.75, 3.05) is 5.75 Å². The van der Waals surface area contributed by atoms with E-state index in [4.69, 9.17) is 9.94 Å². The third-order valence-corrected chi connectivity index (χ3v) is 4.40. The molecule has 0 saturated heterocycles. The lowest BCUT2D eigenvalue weighted by Gasteiger charge is -2.17. The van der Waals surface area contributed by atoms with Gasteiger partial charge in [0.1, 0.15) is 12.4 Å².